The van der Waals surface area contributed by atoms with Gasteiger partial charge in [0.05, 0.1) is 18.1 Å². The van der Waals surface area contributed by atoms with E-state index in [4.69, 9.17) is 16.3 Å². The van der Waals surface area contributed by atoms with Gasteiger partial charge in [-0.1, -0.05) is 11.6 Å². The molecule has 0 aliphatic carbocycles. The van der Waals surface area contributed by atoms with Gasteiger partial charge in [0, 0.05) is 24.3 Å². The summed E-state index contributed by atoms with van der Waals surface area (Å²) in [6, 6.07) is 1.18. The van der Waals surface area contributed by atoms with Crippen LogP contribution in [0.5, 0.6) is 0 Å². The van der Waals surface area contributed by atoms with Crippen LogP contribution < -0.4 is 9.80 Å². The maximum atomic E-state index is 11.5. The topological polar surface area (TPSA) is 109 Å². The van der Waals surface area contributed by atoms with Crippen molar-refractivity contribution < 1.29 is 19.2 Å². The van der Waals surface area contributed by atoms with Gasteiger partial charge in [-0.2, -0.15) is 0 Å². The predicted octanol–water partition coefficient (Wildman–Crippen LogP) is 0.859. The Bertz CT molecular complexity index is 682. The number of halogens is 1. The van der Waals surface area contributed by atoms with Crippen molar-refractivity contribution in [3.63, 3.8) is 0 Å². The van der Waals surface area contributed by atoms with E-state index in [0.717, 1.165) is 0 Å². The Morgan fingerprint density at radius 2 is 2.15 bits per heavy atom. The summed E-state index contributed by atoms with van der Waals surface area (Å²) in [4.78, 5) is 12.6. The average molecular weight is 301 g/mol. The lowest BCUT2D eigenvalue weighted by atomic mass is 10.2. The van der Waals surface area contributed by atoms with Gasteiger partial charge in [-0.3, -0.25) is 14.7 Å². The molecule has 2 heterocycles. The molecule has 0 atom stereocenters. The lowest BCUT2D eigenvalue weighted by molar-refractivity contribution is -0.782. The number of anilines is 1. The second kappa shape index (κ2) is 4.76. The summed E-state index contributed by atoms with van der Waals surface area (Å²) in [5.41, 5.74) is 0.0919. The molecule has 1 aromatic heterocycles. The molecule has 10 heteroatoms. The Labute approximate surface area is 116 Å². The number of fused-ring (bicyclic) bond motifs is 1. The number of morpholine rings is 1. The van der Waals surface area contributed by atoms with E-state index in [1.165, 1.54) is 6.07 Å². The third-order valence-corrected chi connectivity index (χ3v) is 3.38. The molecule has 0 saturated carbocycles. The van der Waals surface area contributed by atoms with Crippen molar-refractivity contribution >= 4 is 34.0 Å². The van der Waals surface area contributed by atoms with E-state index in [9.17, 15) is 15.3 Å². The second-order valence-electron chi connectivity index (χ2n) is 4.21. The van der Waals surface area contributed by atoms with Crippen LogP contribution >= 0.6 is 11.6 Å². The van der Waals surface area contributed by atoms with Crippen LogP contribution in [0.1, 0.15) is 0 Å². The lowest BCUT2D eigenvalue weighted by Crippen LogP contribution is -2.37. The fourth-order valence-electron chi connectivity index (χ4n) is 2.21. The summed E-state index contributed by atoms with van der Waals surface area (Å²) in [7, 11) is 0. The number of nitrogens with zero attached hydrogens (tertiary/aromatic N) is 4. The van der Waals surface area contributed by atoms with E-state index < -0.39 is 4.92 Å². The van der Waals surface area contributed by atoms with Crippen LogP contribution in [-0.2, 0) is 4.74 Å². The van der Waals surface area contributed by atoms with Crippen LogP contribution in [0.2, 0.25) is 5.02 Å². The molecule has 20 heavy (non-hydrogen) atoms. The number of nitro groups is 1. The van der Waals surface area contributed by atoms with Crippen LogP contribution in [0.15, 0.2) is 10.7 Å². The van der Waals surface area contributed by atoms with E-state index in [1.54, 1.807) is 4.90 Å². The monoisotopic (exact) mass is 300 g/mol. The van der Waals surface area contributed by atoms with Crippen LogP contribution in [0.4, 0.5) is 11.4 Å². The summed E-state index contributed by atoms with van der Waals surface area (Å²) in [6.45, 7) is 1.75. The highest BCUT2D eigenvalue weighted by Gasteiger charge is 2.33. The molecule has 0 spiro atoms. The molecular weight excluding hydrogens is 292 g/mol. The molecule has 0 radical (unpaired) electrons. The first kappa shape index (κ1) is 12.9. The molecule has 0 unspecified atom stereocenters. The number of hydrogen-bond donors (Lipinski definition) is 0. The third-order valence-electron chi connectivity index (χ3n) is 3.09. The molecule has 1 aliphatic heterocycles. The first-order valence-electron chi connectivity index (χ1n) is 5.78. The molecule has 1 aliphatic rings. The molecule has 1 aromatic carbocycles. The largest absolute Gasteiger partial charge is 0.378 e. The Hall–Kier alpha value is -2.13. The van der Waals surface area contributed by atoms with Crippen molar-refractivity contribution in [1.29, 1.82) is 0 Å². The predicted molar refractivity (Wildman–Crippen MR) is 67.7 cm³/mol. The number of ether oxygens (including phenoxy) is 1. The summed E-state index contributed by atoms with van der Waals surface area (Å²) in [5, 5.41) is 26.2. The summed E-state index contributed by atoms with van der Waals surface area (Å²) in [5.74, 6) is 0. The number of nitro benzene ring substituents is 1. The number of rotatable bonds is 2. The maximum Gasteiger partial charge on any atom is 0.315 e. The molecular formula is C10H9ClN4O5. The Morgan fingerprint density at radius 1 is 1.45 bits per heavy atom. The van der Waals surface area contributed by atoms with Crippen LogP contribution in [0, 0.1) is 15.3 Å². The van der Waals surface area contributed by atoms with Crippen molar-refractivity contribution in [3.8, 4) is 0 Å². The van der Waals surface area contributed by atoms with Gasteiger partial charge in [0.25, 0.3) is 5.52 Å². The van der Waals surface area contributed by atoms with Gasteiger partial charge >= 0.3 is 5.69 Å². The van der Waals surface area contributed by atoms with E-state index in [0.29, 0.717) is 26.3 Å². The van der Waals surface area contributed by atoms with Gasteiger partial charge < -0.3 is 14.8 Å². The highest BCUT2D eigenvalue weighted by atomic mass is 35.5. The fourth-order valence-corrected chi connectivity index (χ4v) is 2.48. The lowest BCUT2D eigenvalue weighted by Gasteiger charge is -2.27. The summed E-state index contributed by atoms with van der Waals surface area (Å²) in [6.07, 6.45) is 0. The highest BCUT2D eigenvalue weighted by Crippen LogP contribution is 2.40. The van der Waals surface area contributed by atoms with Crippen molar-refractivity contribution in [1.82, 2.24) is 5.16 Å². The first-order valence-corrected chi connectivity index (χ1v) is 6.16. The number of hydrogen-bond acceptors (Lipinski definition) is 7. The van der Waals surface area contributed by atoms with E-state index in [-0.39, 0.29) is 32.3 Å². The number of benzene rings is 1. The van der Waals surface area contributed by atoms with Gasteiger partial charge in [-0.25, -0.2) is 0 Å². The quantitative estimate of drug-likeness (QED) is 0.459. The van der Waals surface area contributed by atoms with Gasteiger partial charge in [-0.15, -0.1) is 0 Å². The molecule has 3 rings (SSSR count). The molecule has 2 aromatic rings. The smallest absolute Gasteiger partial charge is 0.315 e. The number of aromatic nitrogens is 2. The Kier molecular flexibility index (Phi) is 3.07. The minimum Gasteiger partial charge on any atom is -0.378 e. The first-order chi connectivity index (χ1) is 9.59. The van der Waals surface area contributed by atoms with E-state index >= 15 is 0 Å². The van der Waals surface area contributed by atoms with Crippen LogP contribution in [0.25, 0.3) is 11.0 Å². The van der Waals surface area contributed by atoms with Gasteiger partial charge in [-0.05, 0) is 4.90 Å². The van der Waals surface area contributed by atoms with Crippen LogP contribution in [0.3, 0.4) is 0 Å². The molecule has 1 saturated heterocycles. The normalized spacial score (nSPS) is 15.8. The van der Waals surface area contributed by atoms with E-state index in [2.05, 4.69) is 9.79 Å². The minimum atomic E-state index is -0.587. The molecule has 0 bridgehead atoms. The SMILES string of the molecule is O=[N+]([O-])c1c(Cl)cc2c(no[n+]2[O-])c1N1CCOCC1. The molecule has 106 valence electrons. The standard InChI is InChI=1S/C10H9ClN4O5/c11-6-5-7-8(12-20-15(7)18)10(9(6)14(16)17)13-1-3-19-4-2-13/h5H,1-4H2. The van der Waals surface area contributed by atoms with E-state index in [1.807, 2.05) is 0 Å². The molecule has 0 N–H and O–H groups in total. The summed E-state index contributed by atoms with van der Waals surface area (Å²) < 4.78 is 9.72. The molecule has 9 nitrogen and oxygen atoms in total. The van der Waals surface area contributed by atoms with Crippen LogP contribution in [-0.4, -0.2) is 36.4 Å². The third kappa shape index (κ3) is 1.91. The van der Waals surface area contributed by atoms with Gasteiger partial charge in [0.2, 0.25) is 5.52 Å². The van der Waals surface area contributed by atoms with Crippen molar-refractivity contribution in [2.75, 3.05) is 31.2 Å². The summed E-state index contributed by atoms with van der Waals surface area (Å²) >= 11 is 5.93. The maximum absolute atomic E-state index is 11.5. The zero-order valence-electron chi connectivity index (χ0n) is 10.1. The average Bonchev–Trinajstić information content (AvgIpc) is 2.79. The Morgan fingerprint density at radius 3 is 2.80 bits per heavy atom. The highest BCUT2D eigenvalue weighted by molar-refractivity contribution is 6.34. The van der Waals surface area contributed by atoms with Crippen molar-refractivity contribution in [2.45, 2.75) is 0 Å². The fraction of sp³-hybridized carbons (Fsp3) is 0.400. The minimum absolute atomic E-state index is 0.0575. The molecule has 0 amide bonds. The van der Waals surface area contributed by atoms with Crippen molar-refractivity contribution in [3.05, 3.63) is 26.4 Å². The zero-order chi connectivity index (χ0) is 14.3. The van der Waals surface area contributed by atoms with Gasteiger partial charge in [0.1, 0.15) is 5.02 Å². The second-order valence-corrected chi connectivity index (χ2v) is 4.62. The van der Waals surface area contributed by atoms with Crippen molar-refractivity contribution in [2.24, 2.45) is 0 Å². The zero-order valence-corrected chi connectivity index (χ0v) is 10.9. The van der Waals surface area contributed by atoms with Gasteiger partial charge in [0.15, 0.2) is 5.69 Å². The molecule has 1 fully saturated rings. The Balaban J connectivity index is 2.29.